The number of carbonyl (C=O) groups excluding carboxylic acids is 3. The van der Waals surface area contributed by atoms with E-state index in [0.29, 0.717) is 17.9 Å². The Hall–Kier alpha value is -2.87. The van der Waals surface area contributed by atoms with Crippen LogP contribution in [0.4, 0.5) is 10.1 Å². The molecule has 2 aromatic carbocycles. The minimum Gasteiger partial charge on any atom is -0.494 e. The topological polar surface area (TPSA) is 81.7 Å². The molecule has 0 aromatic heterocycles. The quantitative estimate of drug-likeness (QED) is 0.482. The lowest BCUT2D eigenvalue weighted by atomic mass is 10.1. The highest BCUT2D eigenvalue weighted by Crippen LogP contribution is 2.14. The summed E-state index contributed by atoms with van der Waals surface area (Å²) in [5, 5.41) is 2.42. The summed E-state index contributed by atoms with van der Waals surface area (Å²) >= 11 is 1.01. The number of benzene rings is 2. The summed E-state index contributed by atoms with van der Waals surface area (Å²) in [5.74, 6) is -1.40. The Balaban J connectivity index is 1.67. The number of hydrogen-bond donors (Lipinski definition) is 1. The van der Waals surface area contributed by atoms with E-state index in [1.807, 2.05) is 6.92 Å². The number of para-hydroxylation sites is 1. The molecule has 0 atom stereocenters. The van der Waals surface area contributed by atoms with E-state index in [1.165, 1.54) is 18.2 Å². The number of rotatable bonds is 10. The van der Waals surface area contributed by atoms with Crippen LogP contribution in [0.2, 0.25) is 0 Å². The number of nitrogens with one attached hydrogen (secondary N) is 1. The second-order valence-corrected chi connectivity index (χ2v) is 6.55. The minimum atomic E-state index is -0.608. The lowest BCUT2D eigenvalue weighted by Crippen LogP contribution is -2.18. The summed E-state index contributed by atoms with van der Waals surface area (Å²) in [6.07, 6.45) is 0. The van der Waals surface area contributed by atoms with Gasteiger partial charge in [-0.05, 0) is 43.3 Å². The van der Waals surface area contributed by atoms with Crippen molar-refractivity contribution in [2.75, 3.05) is 30.0 Å². The number of ether oxygens (including phenoxy) is 2. The van der Waals surface area contributed by atoms with Gasteiger partial charge in [-0.2, -0.15) is 0 Å². The van der Waals surface area contributed by atoms with Crippen molar-refractivity contribution in [3.05, 3.63) is 59.9 Å². The highest BCUT2D eigenvalue weighted by molar-refractivity contribution is 8.00. The van der Waals surface area contributed by atoms with Crippen LogP contribution in [0.15, 0.2) is 48.5 Å². The third kappa shape index (κ3) is 7.03. The number of ketones is 1. The van der Waals surface area contributed by atoms with Crippen LogP contribution >= 0.6 is 11.8 Å². The van der Waals surface area contributed by atoms with Crippen molar-refractivity contribution >= 4 is 35.1 Å². The van der Waals surface area contributed by atoms with Gasteiger partial charge in [0.2, 0.25) is 5.91 Å². The highest BCUT2D eigenvalue weighted by Gasteiger charge is 2.12. The predicted octanol–water partition coefficient (Wildman–Crippen LogP) is 3.32. The molecular formula is C20H20FNO5S. The van der Waals surface area contributed by atoms with Gasteiger partial charge in [0.05, 0.1) is 23.8 Å². The Morgan fingerprint density at radius 2 is 1.75 bits per heavy atom. The number of Topliss-reactive ketones (excluding diaryl/α,β-unsaturated/α-hetero) is 1. The molecule has 1 amide bonds. The van der Waals surface area contributed by atoms with Gasteiger partial charge in [0.15, 0.2) is 12.4 Å². The van der Waals surface area contributed by atoms with Crippen LogP contribution in [0, 0.1) is 5.82 Å². The summed E-state index contributed by atoms with van der Waals surface area (Å²) < 4.78 is 23.7. The first-order valence-electron chi connectivity index (χ1n) is 8.53. The van der Waals surface area contributed by atoms with E-state index in [2.05, 4.69) is 5.32 Å². The maximum absolute atomic E-state index is 13.4. The number of halogens is 1. The fourth-order valence-corrected chi connectivity index (χ4v) is 2.76. The number of anilines is 1. The third-order valence-electron chi connectivity index (χ3n) is 3.45. The first kappa shape index (κ1) is 21.4. The van der Waals surface area contributed by atoms with Gasteiger partial charge < -0.3 is 14.8 Å². The van der Waals surface area contributed by atoms with Crippen LogP contribution in [0.3, 0.4) is 0 Å². The maximum Gasteiger partial charge on any atom is 0.316 e. The molecule has 6 nitrogen and oxygen atoms in total. The summed E-state index contributed by atoms with van der Waals surface area (Å²) in [6, 6.07) is 12.3. The van der Waals surface area contributed by atoms with Crippen molar-refractivity contribution in [1.82, 2.24) is 0 Å². The van der Waals surface area contributed by atoms with E-state index in [0.717, 1.165) is 11.8 Å². The molecule has 0 heterocycles. The maximum atomic E-state index is 13.4. The van der Waals surface area contributed by atoms with Gasteiger partial charge in [-0.1, -0.05) is 12.1 Å². The number of carbonyl (C=O) groups is 3. The molecule has 0 spiro atoms. The van der Waals surface area contributed by atoms with Crippen molar-refractivity contribution in [2.24, 2.45) is 0 Å². The Bertz CT molecular complexity index is 826. The number of esters is 1. The second-order valence-electron chi connectivity index (χ2n) is 5.56. The second kappa shape index (κ2) is 11.1. The fourth-order valence-electron chi connectivity index (χ4n) is 2.15. The van der Waals surface area contributed by atoms with Crippen LogP contribution < -0.4 is 10.1 Å². The molecule has 0 aliphatic rings. The molecule has 0 aliphatic carbocycles. The van der Waals surface area contributed by atoms with E-state index in [1.54, 1.807) is 30.3 Å². The Kier molecular flexibility index (Phi) is 8.48. The predicted molar refractivity (Wildman–Crippen MR) is 105 cm³/mol. The average molecular weight is 405 g/mol. The van der Waals surface area contributed by atoms with E-state index in [9.17, 15) is 18.8 Å². The van der Waals surface area contributed by atoms with Gasteiger partial charge in [-0.15, -0.1) is 11.8 Å². The average Bonchev–Trinajstić information content (AvgIpc) is 2.69. The summed E-state index contributed by atoms with van der Waals surface area (Å²) in [7, 11) is 0. The molecule has 8 heteroatoms. The van der Waals surface area contributed by atoms with Crippen molar-refractivity contribution in [3.63, 3.8) is 0 Å². The Morgan fingerprint density at radius 1 is 1.04 bits per heavy atom. The van der Waals surface area contributed by atoms with Gasteiger partial charge in [0.25, 0.3) is 0 Å². The molecule has 0 unspecified atom stereocenters. The molecule has 0 saturated carbocycles. The lowest BCUT2D eigenvalue weighted by Gasteiger charge is -2.07. The highest BCUT2D eigenvalue weighted by atomic mass is 32.2. The zero-order valence-corrected chi connectivity index (χ0v) is 16.1. The first-order valence-corrected chi connectivity index (χ1v) is 9.69. The zero-order chi connectivity index (χ0) is 20.4. The van der Waals surface area contributed by atoms with Gasteiger partial charge in [-0.25, -0.2) is 4.39 Å². The fraction of sp³-hybridized carbons (Fsp3) is 0.250. The third-order valence-corrected chi connectivity index (χ3v) is 4.36. The van der Waals surface area contributed by atoms with E-state index in [4.69, 9.17) is 9.47 Å². The monoisotopic (exact) mass is 405 g/mol. The van der Waals surface area contributed by atoms with Crippen LogP contribution in [0.1, 0.15) is 17.3 Å². The molecule has 0 saturated heterocycles. The summed E-state index contributed by atoms with van der Waals surface area (Å²) in [4.78, 5) is 35.5. The van der Waals surface area contributed by atoms with E-state index < -0.39 is 17.7 Å². The van der Waals surface area contributed by atoms with Crippen molar-refractivity contribution < 1.29 is 28.2 Å². The molecule has 1 N–H and O–H groups in total. The molecular weight excluding hydrogens is 385 g/mol. The number of thioether (sulfide) groups is 1. The molecule has 0 radical (unpaired) electrons. The van der Waals surface area contributed by atoms with Gasteiger partial charge >= 0.3 is 5.97 Å². The van der Waals surface area contributed by atoms with Gasteiger partial charge in [-0.3, -0.25) is 14.4 Å². The normalized spacial score (nSPS) is 10.2. The lowest BCUT2D eigenvalue weighted by molar-refractivity contribution is -0.139. The minimum absolute atomic E-state index is 0.0454. The number of hydrogen-bond acceptors (Lipinski definition) is 6. The molecule has 28 heavy (non-hydrogen) atoms. The van der Waals surface area contributed by atoms with Crippen molar-refractivity contribution in [1.29, 1.82) is 0 Å². The zero-order valence-electron chi connectivity index (χ0n) is 15.3. The number of amides is 1. The standard InChI is InChI=1S/C20H20FNO5S/c1-2-26-15-9-7-14(8-10-15)18(23)11-27-20(25)13-28-12-19(24)22-17-6-4-3-5-16(17)21/h3-10H,2,11-13H2,1H3,(H,22,24). The first-order chi connectivity index (χ1) is 13.5. The van der Waals surface area contributed by atoms with Crippen LogP contribution in [0.5, 0.6) is 5.75 Å². The van der Waals surface area contributed by atoms with E-state index >= 15 is 0 Å². The van der Waals surface area contributed by atoms with Crippen LogP contribution in [-0.2, 0) is 14.3 Å². The Labute approximate surface area is 166 Å². The molecule has 0 bridgehead atoms. The van der Waals surface area contributed by atoms with Crippen molar-refractivity contribution in [2.45, 2.75) is 6.92 Å². The molecule has 2 aromatic rings. The Morgan fingerprint density at radius 3 is 2.43 bits per heavy atom. The molecule has 2 rings (SSSR count). The SMILES string of the molecule is CCOc1ccc(C(=O)COC(=O)CSCC(=O)Nc2ccccc2F)cc1. The van der Waals surface area contributed by atoms with Crippen LogP contribution in [-0.4, -0.2) is 42.4 Å². The largest absolute Gasteiger partial charge is 0.494 e. The molecule has 0 fully saturated rings. The van der Waals surface area contributed by atoms with Gasteiger partial charge in [0, 0.05) is 5.56 Å². The van der Waals surface area contributed by atoms with Crippen LogP contribution in [0.25, 0.3) is 0 Å². The van der Waals surface area contributed by atoms with Gasteiger partial charge in [0.1, 0.15) is 11.6 Å². The van der Waals surface area contributed by atoms with Crippen molar-refractivity contribution in [3.8, 4) is 5.75 Å². The smallest absolute Gasteiger partial charge is 0.316 e. The molecule has 148 valence electrons. The molecule has 0 aliphatic heterocycles. The summed E-state index contributed by atoms with van der Waals surface area (Å²) in [5.41, 5.74) is 0.491. The summed E-state index contributed by atoms with van der Waals surface area (Å²) in [6.45, 7) is 2.01. The van der Waals surface area contributed by atoms with E-state index in [-0.39, 0.29) is 29.6 Å².